The van der Waals surface area contributed by atoms with Crippen molar-refractivity contribution in [1.82, 2.24) is 9.55 Å². The molecule has 0 N–H and O–H groups in total. The number of esters is 1. The summed E-state index contributed by atoms with van der Waals surface area (Å²) in [5.41, 5.74) is 1.45. The van der Waals surface area contributed by atoms with Gasteiger partial charge in [-0.3, -0.25) is 9.36 Å². The number of hydrogen-bond acceptors (Lipinski definition) is 5. The molecule has 0 spiro atoms. The Labute approximate surface area is 160 Å². The maximum atomic E-state index is 13.1. The van der Waals surface area contributed by atoms with Crippen molar-refractivity contribution < 1.29 is 9.53 Å². The van der Waals surface area contributed by atoms with Crippen LogP contribution in [0.2, 0.25) is 5.02 Å². The van der Waals surface area contributed by atoms with E-state index in [1.54, 1.807) is 12.1 Å². The van der Waals surface area contributed by atoms with Gasteiger partial charge in [-0.05, 0) is 30.5 Å². The number of hydrogen-bond donors (Lipinski definition) is 0. The van der Waals surface area contributed by atoms with Gasteiger partial charge in [-0.25, -0.2) is 9.78 Å². The topological polar surface area (TPSA) is 61.2 Å². The van der Waals surface area contributed by atoms with Crippen LogP contribution in [0.4, 0.5) is 0 Å². The van der Waals surface area contributed by atoms with Gasteiger partial charge >= 0.3 is 5.97 Å². The van der Waals surface area contributed by atoms with Gasteiger partial charge in [0.2, 0.25) is 0 Å². The summed E-state index contributed by atoms with van der Waals surface area (Å²) < 4.78 is 6.62. The fourth-order valence-electron chi connectivity index (χ4n) is 2.79. The second kappa shape index (κ2) is 8.01. The van der Waals surface area contributed by atoms with Gasteiger partial charge in [0.05, 0.1) is 18.3 Å². The molecule has 2 aromatic heterocycles. The standard InChI is InChI=1S/C19H19ClN2O3S/c1-3-9-25-19(24)15(4-2)22-11-21-17-16(18(22)23)14(10-26-17)12-5-7-13(20)8-6-12/h5-8,10-11,15H,3-4,9H2,1-2H3/t15-/m1/s1. The van der Waals surface area contributed by atoms with Crippen LogP contribution >= 0.6 is 22.9 Å². The summed E-state index contributed by atoms with van der Waals surface area (Å²) in [6, 6.07) is 6.63. The number of nitrogens with zero attached hydrogens (tertiary/aromatic N) is 2. The number of thiophene rings is 1. The summed E-state index contributed by atoms with van der Waals surface area (Å²) in [7, 11) is 0. The summed E-state index contributed by atoms with van der Waals surface area (Å²) in [6.45, 7) is 4.12. The molecule has 136 valence electrons. The van der Waals surface area contributed by atoms with Crippen LogP contribution in [-0.4, -0.2) is 22.1 Å². The van der Waals surface area contributed by atoms with E-state index in [2.05, 4.69) is 4.98 Å². The number of carbonyl (C=O) groups excluding carboxylic acids is 1. The zero-order chi connectivity index (χ0) is 18.7. The molecule has 0 saturated heterocycles. The molecule has 0 amide bonds. The third-order valence-electron chi connectivity index (χ3n) is 4.12. The number of fused-ring (bicyclic) bond motifs is 1. The first-order chi connectivity index (χ1) is 12.6. The Bertz CT molecular complexity index is 979. The lowest BCUT2D eigenvalue weighted by molar-refractivity contribution is -0.147. The first-order valence-corrected chi connectivity index (χ1v) is 9.73. The van der Waals surface area contributed by atoms with E-state index >= 15 is 0 Å². The van der Waals surface area contributed by atoms with Crippen LogP contribution in [0.25, 0.3) is 21.3 Å². The molecule has 1 atom stereocenters. The average Bonchev–Trinajstić information content (AvgIpc) is 3.08. The zero-order valence-electron chi connectivity index (χ0n) is 14.6. The van der Waals surface area contributed by atoms with Gasteiger partial charge in [0, 0.05) is 16.0 Å². The SMILES string of the molecule is CCCOC(=O)[C@@H](CC)n1cnc2scc(-c3ccc(Cl)cc3)c2c1=O. The zero-order valence-corrected chi connectivity index (χ0v) is 16.1. The minimum absolute atomic E-state index is 0.235. The average molecular weight is 391 g/mol. The third-order valence-corrected chi connectivity index (χ3v) is 5.26. The second-order valence-electron chi connectivity index (χ2n) is 5.88. The van der Waals surface area contributed by atoms with Crippen LogP contribution in [0, 0.1) is 0 Å². The van der Waals surface area contributed by atoms with Crippen molar-refractivity contribution in [1.29, 1.82) is 0 Å². The summed E-state index contributed by atoms with van der Waals surface area (Å²) in [5, 5.41) is 3.05. The summed E-state index contributed by atoms with van der Waals surface area (Å²) in [6.07, 6.45) is 2.63. The maximum absolute atomic E-state index is 13.1. The van der Waals surface area contributed by atoms with E-state index < -0.39 is 12.0 Å². The van der Waals surface area contributed by atoms with E-state index in [-0.39, 0.29) is 5.56 Å². The highest BCUT2D eigenvalue weighted by Crippen LogP contribution is 2.31. The lowest BCUT2D eigenvalue weighted by atomic mass is 10.1. The molecule has 3 aromatic rings. The van der Waals surface area contributed by atoms with Gasteiger partial charge in [-0.2, -0.15) is 0 Å². The van der Waals surface area contributed by atoms with Crippen molar-refractivity contribution in [3.63, 3.8) is 0 Å². The van der Waals surface area contributed by atoms with Gasteiger partial charge in [0.25, 0.3) is 5.56 Å². The Morgan fingerprint density at radius 1 is 1.31 bits per heavy atom. The van der Waals surface area contributed by atoms with Crippen molar-refractivity contribution in [2.24, 2.45) is 0 Å². The monoisotopic (exact) mass is 390 g/mol. The van der Waals surface area contributed by atoms with E-state index in [1.165, 1.54) is 22.2 Å². The van der Waals surface area contributed by atoms with E-state index in [0.717, 1.165) is 17.5 Å². The lowest BCUT2D eigenvalue weighted by Gasteiger charge is -2.16. The highest BCUT2D eigenvalue weighted by atomic mass is 35.5. The number of aromatic nitrogens is 2. The highest BCUT2D eigenvalue weighted by molar-refractivity contribution is 7.17. The summed E-state index contributed by atoms with van der Waals surface area (Å²) in [4.78, 5) is 30.5. The molecule has 0 aliphatic carbocycles. The quantitative estimate of drug-likeness (QED) is 0.573. The molecule has 26 heavy (non-hydrogen) atoms. The Morgan fingerprint density at radius 2 is 2.04 bits per heavy atom. The maximum Gasteiger partial charge on any atom is 0.329 e. The Hall–Kier alpha value is -2.18. The number of carbonyl (C=O) groups is 1. The van der Waals surface area contributed by atoms with E-state index in [4.69, 9.17) is 16.3 Å². The Balaban J connectivity index is 2.10. The molecule has 0 unspecified atom stereocenters. The van der Waals surface area contributed by atoms with Crippen LogP contribution < -0.4 is 5.56 Å². The van der Waals surface area contributed by atoms with E-state index in [9.17, 15) is 9.59 Å². The van der Waals surface area contributed by atoms with Crippen LogP contribution in [0.1, 0.15) is 32.7 Å². The van der Waals surface area contributed by atoms with E-state index in [1.807, 2.05) is 31.4 Å². The molecule has 7 heteroatoms. The molecular formula is C19H19ClN2O3S. The summed E-state index contributed by atoms with van der Waals surface area (Å²) >= 11 is 7.36. The first-order valence-electron chi connectivity index (χ1n) is 8.47. The molecule has 0 aliphatic rings. The van der Waals surface area contributed by atoms with Crippen LogP contribution in [0.3, 0.4) is 0 Å². The van der Waals surface area contributed by atoms with Crippen molar-refractivity contribution in [3.8, 4) is 11.1 Å². The predicted octanol–water partition coefficient (Wildman–Crippen LogP) is 4.68. The van der Waals surface area contributed by atoms with Crippen molar-refractivity contribution in [2.45, 2.75) is 32.7 Å². The molecule has 2 heterocycles. The second-order valence-corrected chi connectivity index (χ2v) is 7.18. The number of rotatable bonds is 6. The molecule has 5 nitrogen and oxygen atoms in total. The molecule has 3 rings (SSSR count). The molecular weight excluding hydrogens is 372 g/mol. The minimum atomic E-state index is -0.677. The molecule has 0 aliphatic heterocycles. The minimum Gasteiger partial charge on any atom is -0.464 e. The third kappa shape index (κ3) is 3.52. The van der Waals surface area contributed by atoms with Crippen molar-refractivity contribution in [3.05, 3.63) is 51.3 Å². The molecule has 1 aromatic carbocycles. The van der Waals surface area contributed by atoms with Gasteiger partial charge in [-0.15, -0.1) is 11.3 Å². The molecule has 0 saturated carbocycles. The number of ether oxygens (including phenoxy) is 1. The first kappa shape index (κ1) is 18.6. The largest absolute Gasteiger partial charge is 0.464 e. The smallest absolute Gasteiger partial charge is 0.329 e. The highest BCUT2D eigenvalue weighted by Gasteiger charge is 2.23. The van der Waals surface area contributed by atoms with Gasteiger partial charge < -0.3 is 4.74 Å². The van der Waals surface area contributed by atoms with Crippen molar-refractivity contribution in [2.75, 3.05) is 6.61 Å². The van der Waals surface area contributed by atoms with Gasteiger partial charge in [0.15, 0.2) is 0 Å². The normalized spacial score (nSPS) is 12.3. The van der Waals surface area contributed by atoms with Gasteiger partial charge in [0.1, 0.15) is 10.9 Å². The number of halogens is 1. The molecule has 0 fully saturated rings. The Kier molecular flexibility index (Phi) is 5.74. The Morgan fingerprint density at radius 3 is 2.69 bits per heavy atom. The van der Waals surface area contributed by atoms with Crippen LogP contribution in [-0.2, 0) is 9.53 Å². The lowest BCUT2D eigenvalue weighted by Crippen LogP contribution is -2.31. The summed E-state index contributed by atoms with van der Waals surface area (Å²) in [5.74, 6) is -0.402. The molecule has 0 radical (unpaired) electrons. The predicted molar refractivity (Wildman–Crippen MR) is 105 cm³/mol. The van der Waals surface area contributed by atoms with E-state index in [0.29, 0.717) is 28.3 Å². The molecule has 0 bridgehead atoms. The number of benzene rings is 1. The fraction of sp³-hybridized carbons (Fsp3) is 0.316. The van der Waals surface area contributed by atoms with Crippen molar-refractivity contribution >= 4 is 39.1 Å². The van der Waals surface area contributed by atoms with Crippen LogP contribution in [0.5, 0.6) is 0 Å². The van der Waals surface area contributed by atoms with Crippen LogP contribution in [0.15, 0.2) is 40.8 Å². The fourth-order valence-corrected chi connectivity index (χ4v) is 3.82. The van der Waals surface area contributed by atoms with Gasteiger partial charge in [-0.1, -0.05) is 37.6 Å².